The molecule has 0 amide bonds. The van der Waals surface area contributed by atoms with Gasteiger partial charge in [-0.15, -0.1) is 13.2 Å². The zero-order valence-electron chi connectivity index (χ0n) is 8.17. The van der Waals surface area contributed by atoms with Crippen LogP contribution in [0.3, 0.4) is 0 Å². The Balaban J connectivity index is 2.56. The molecule has 1 nitrogen and oxygen atoms in total. The molecule has 1 aromatic carbocycles. The number of thioether (sulfide) groups is 1. The Labute approximate surface area is 90.6 Å². The van der Waals surface area contributed by atoms with Gasteiger partial charge in [0.15, 0.2) is 0 Å². The molecule has 0 radical (unpaired) electrons. The molecule has 0 aromatic heterocycles. The van der Waals surface area contributed by atoms with Crippen molar-refractivity contribution >= 4 is 11.8 Å². The molecule has 1 aromatic rings. The van der Waals surface area contributed by atoms with E-state index in [2.05, 4.69) is 4.74 Å². The van der Waals surface area contributed by atoms with Crippen LogP contribution < -0.4 is 4.74 Å². The Morgan fingerprint density at radius 2 is 1.80 bits per heavy atom. The SMILES string of the molecule is CCSCc1ccc(OC(F)(F)F)cc1. The van der Waals surface area contributed by atoms with Gasteiger partial charge >= 0.3 is 6.36 Å². The maximum Gasteiger partial charge on any atom is 0.573 e. The van der Waals surface area contributed by atoms with E-state index in [1.165, 1.54) is 12.1 Å². The van der Waals surface area contributed by atoms with Crippen molar-refractivity contribution in [2.75, 3.05) is 5.75 Å². The summed E-state index contributed by atoms with van der Waals surface area (Å²) >= 11 is 1.72. The van der Waals surface area contributed by atoms with Crippen LogP contribution in [0.1, 0.15) is 12.5 Å². The zero-order chi connectivity index (χ0) is 11.3. The van der Waals surface area contributed by atoms with E-state index < -0.39 is 6.36 Å². The number of alkyl halides is 3. The fourth-order valence-electron chi connectivity index (χ4n) is 1.01. The monoisotopic (exact) mass is 236 g/mol. The molecule has 0 unspecified atom stereocenters. The molecule has 0 aliphatic rings. The van der Waals surface area contributed by atoms with Gasteiger partial charge in [0.05, 0.1) is 0 Å². The maximum atomic E-state index is 11.8. The average Bonchev–Trinajstić information content (AvgIpc) is 2.14. The highest BCUT2D eigenvalue weighted by atomic mass is 32.2. The van der Waals surface area contributed by atoms with Crippen molar-refractivity contribution in [1.29, 1.82) is 0 Å². The second kappa shape index (κ2) is 5.30. The first-order chi connectivity index (χ1) is 7.01. The summed E-state index contributed by atoms with van der Waals surface area (Å²) in [5.74, 6) is 1.62. The van der Waals surface area contributed by atoms with Crippen molar-refractivity contribution in [3.63, 3.8) is 0 Å². The summed E-state index contributed by atoms with van der Waals surface area (Å²) < 4.78 is 39.2. The summed E-state index contributed by atoms with van der Waals surface area (Å²) in [6.45, 7) is 2.03. The van der Waals surface area contributed by atoms with Gasteiger partial charge in [-0.05, 0) is 23.4 Å². The molecule has 0 aliphatic carbocycles. The Morgan fingerprint density at radius 3 is 2.27 bits per heavy atom. The summed E-state index contributed by atoms with van der Waals surface area (Å²) in [6.07, 6.45) is -4.61. The highest BCUT2D eigenvalue weighted by molar-refractivity contribution is 7.98. The summed E-state index contributed by atoms with van der Waals surface area (Å²) in [5, 5.41) is 0. The molecule has 84 valence electrons. The fraction of sp³-hybridized carbons (Fsp3) is 0.400. The molecular formula is C10H11F3OS. The lowest BCUT2D eigenvalue weighted by Gasteiger charge is -2.08. The number of halogens is 3. The van der Waals surface area contributed by atoms with Gasteiger partial charge in [0.1, 0.15) is 5.75 Å². The fourth-order valence-corrected chi connectivity index (χ4v) is 1.64. The predicted molar refractivity (Wildman–Crippen MR) is 55.0 cm³/mol. The van der Waals surface area contributed by atoms with Crippen LogP contribution in [-0.2, 0) is 5.75 Å². The van der Waals surface area contributed by atoms with E-state index in [-0.39, 0.29) is 5.75 Å². The molecule has 0 spiro atoms. The van der Waals surface area contributed by atoms with E-state index in [0.717, 1.165) is 17.1 Å². The molecule has 15 heavy (non-hydrogen) atoms. The van der Waals surface area contributed by atoms with Crippen LogP contribution >= 0.6 is 11.8 Å². The Bertz CT molecular complexity index is 295. The standard InChI is InChI=1S/C10H11F3OS/c1-2-15-7-8-3-5-9(6-4-8)14-10(11,12)13/h3-6H,2,7H2,1H3. The first kappa shape index (κ1) is 12.2. The first-order valence-corrected chi connectivity index (χ1v) is 5.59. The van der Waals surface area contributed by atoms with Gasteiger partial charge in [-0.2, -0.15) is 11.8 Å². The minimum absolute atomic E-state index is 0.173. The molecule has 0 aliphatic heterocycles. The zero-order valence-corrected chi connectivity index (χ0v) is 8.99. The Hall–Kier alpha value is -0.840. The van der Waals surface area contributed by atoms with Crippen LogP contribution in [0.4, 0.5) is 13.2 Å². The number of hydrogen-bond donors (Lipinski definition) is 0. The van der Waals surface area contributed by atoms with E-state index in [1.807, 2.05) is 6.92 Å². The van der Waals surface area contributed by atoms with Gasteiger partial charge in [0.25, 0.3) is 0 Å². The van der Waals surface area contributed by atoms with Crippen LogP contribution in [0.2, 0.25) is 0 Å². The van der Waals surface area contributed by atoms with Crippen molar-refractivity contribution in [3.8, 4) is 5.75 Å². The minimum atomic E-state index is -4.61. The third kappa shape index (κ3) is 4.97. The van der Waals surface area contributed by atoms with Gasteiger partial charge in [0.2, 0.25) is 0 Å². The van der Waals surface area contributed by atoms with Crippen LogP contribution in [-0.4, -0.2) is 12.1 Å². The average molecular weight is 236 g/mol. The normalized spacial score (nSPS) is 11.5. The van der Waals surface area contributed by atoms with Gasteiger partial charge in [-0.3, -0.25) is 0 Å². The quantitative estimate of drug-likeness (QED) is 0.785. The molecule has 0 atom stereocenters. The number of benzene rings is 1. The highest BCUT2D eigenvalue weighted by Gasteiger charge is 2.30. The van der Waals surface area contributed by atoms with Crippen molar-refractivity contribution in [2.45, 2.75) is 19.0 Å². The Morgan fingerprint density at radius 1 is 1.20 bits per heavy atom. The van der Waals surface area contributed by atoms with Crippen molar-refractivity contribution in [3.05, 3.63) is 29.8 Å². The topological polar surface area (TPSA) is 9.23 Å². The molecule has 0 saturated carbocycles. The molecule has 0 fully saturated rings. The second-order valence-electron chi connectivity index (χ2n) is 2.83. The van der Waals surface area contributed by atoms with Gasteiger partial charge in [-0.1, -0.05) is 19.1 Å². The smallest absolute Gasteiger partial charge is 0.406 e. The molecule has 0 bridgehead atoms. The number of hydrogen-bond acceptors (Lipinski definition) is 2. The first-order valence-electron chi connectivity index (χ1n) is 4.43. The third-order valence-electron chi connectivity index (χ3n) is 1.63. The lowest BCUT2D eigenvalue weighted by Crippen LogP contribution is -2.16. The van der Waals surface area contributed by atoms with Gasteiger partial charge in [0, 0.05) is 5.75 Å². The second-order valence-corrected chi connectivity index (χ2v) is 4.10. The van der Waals surface area contributed by atoms with Crippen LogP contribution in [0, 0.1) is 0 Å². The summed E-state index contributed by atoms with van der Waals surface area (Å²) in [6, 6.07) is 5.95. The number of rotatable bonds is 4. The third-order valence-corrected chi connectivity index (χ3v) is 2.58. The van der Waals surface area contributed by atoms with Crippen molar-refractivity contribution in [2.24, 2.45) is 0 Å². The van der Waals surface area contributed by atoms with E-state index in [9.17, 15) is 13.2 Å². The molecule has 0 N–H and O–H groups in total. The van der Waals surface area contributed by atoms with E-state index >= 15 is 0 Å². The maximum absolute atomic E-state index is 11.8. The lowest BCUT2D eigenvalue weighted by atomic mass is 10.2. The summed E-state index contributed by atoms with van der Waals surface area (Å²) in [4.78, 5) is 0. The van der Waals surface area contributed by atoms with E-state index in [4.69, 9.17) is 0 Å². The predicted octanol–water partition coefficient (Wildman–Crippen LogP) is 3.84. The van der Waals surface area contributed by atoms with E-state index in [0.29, 0.717) is 0 Å². The van der Waals surface area contributed by atoms with Gasteiger partial charge < -0.3 is 4.74 Å². The number of ether oxygens (including phenoxy) is 1. The largest absolute Gasteiger partial charge is 0.573 e. The van der Waals surface area contributed by atoms with Gasteiger partial charge in [-0.25, -0.2) is 0 Å². The highest BCUT2D eigenvalue weighted by Crippen LogP contribution is 2.23. The molecular weight excluding hydrogens is 225 g/mol. The van der Waals surface area contributed by atoms with Crippen molar-refractivity contribution in [1.82, 2.24) is 0 Å². The summed E-state index contributed by atoms with van der Waals surface area (Å²) in [5.41, 5.74) is 0.997. The Kier molecular flexibility index (Phi) is 4.32. The molecule has 0 heterocycles. The molecule has 1 rings (SSSR count). The van der Waals surface area contributed by atoms with E-state index in [1.54, 1.807) is 23.9 Å². The lowest BCUT2D eigenvalue weighted by molar-refractivity contribution is -0.274. The van der Waals surface area contributed by atoms with Crippen LogP contribution in [0.15, 0.2) is 24.3 Å². The molecule has 5 heteroatoms. The molecule has 0 saturated heterocycles. The minimum Gasteiger partial charge on any atom is -0.406 e. The van der Waals surface area contributed by atoms with Crippen molar-refractivity contribution < 1.29 is 17.9 Å². The van der Waals surface area contributed by atoms with Crippen LogP contribution in [0.5, 0.6) is 5.75 Å². The van der Waals surface area contributed by atoms with Crippen LogP contribution in [0.25, 0.3) is 0 Å². The summed E-state index contributed by atoms with van der Waals surface area (Å²) in [7, 11) is 0.